The lowest BCUT2D eigenvalue weighted by molar-refractivity contribution is -0.137. The first-order valence-electron chi connectivity index (χ1n) is 11.5. The van der Waals surface area contributed by atoms with Gasteiger partial charge in [0, 0.05) is 23.8 Å². The molecule has 1 saturated heterocycles. The molecule has 0 saturated carbocycles. The maximum Gasteiger partial charge on any atom is 0.305 e. The summed E-state index contributed by atoms with van der Waals surface area (Å²) in [6, 6.07) is 18.4. The van der Waals surface area contributed by atoms with Crippen LogP contribution in [0.3, 0.4) is 0 Å². The number of hydrogen-bond acceptors (Lipinski definition) is 4. The predicted octanol–water partition coefficient (Wildman–Crippen LogP) is 6.08. The van der Waals surface area contributed by atoms with Crippen LogP contribution in [0.5, 0.6) is 11.5 Å². The molecule has 1 N–H and O–H groups in total. The van der Waals surface area contributed by atoms with Crippen LogP contribution in [0.25, 0.3) is 11.1 Å². The number of hydrogen-bond donors (Lipinski definition) is 1. The van der Waals surface area contributed by atoms with Crippen molar-refractivity contribution in [3.63, 3.8) is 0 Å². The number of rotatable bonds is 8. The van der Waals surface area contributed by atoms with Crippen molar-refractivity contribution < 1.29 is 23.8 Å². The summed E-state index contributed by atoms with van der Waals surface area (Å²) < 4.78 is 25.6. The summed E-state index contributed by atoms with van der Waals surface area (Å²) in [5.74, 6) is 0.772. The standard InChI is InChI=1S/C28H30FNO4/c1-18-12-23(14-28(31)32)30(16-18)22-6-8-24(9-7-22)34-17-21-5-4-20(13-19(21)2)26-15-25(33-3)10-11-27(26)29/h4-11,13,15,18,23H,12,14,16-17H2,1-3H3,(H,31,32). The van der Waals surface area contributed by atoms with Gasteiger partial charge < -0.3 is 19.5 Å². The molecule has 5 nitrogen and oxygen atoms in total. The first-order chi connectivity index (χ1) is 16.3. The minimum Gasteiger partial charge on any atom is -0.497 e. The Morgan fingerprint density at radius 2 is 1.82 bits per heavy atom. The van der Waals surface area contributed by atoms with Crippen molar-refractivity contribution in [1.29, 1.82) is 0 Å². The lowest BCUT2D eigenvalue weighted by atomic mass is 9.99. The van der Waals surface area contributed by atoms with Crippen LogP contribution in [0.2, 0.25) is 0 Å². The Morgan fingerprint density at radius 1 is 1.09 bits per heavy atom. The number of carboxylic acid groups (broad SMARTS) is 1. The number of carboxylic acids is 1. The van der Waals surface area contributed by atoms with Gasteiger partial charge >= 0.3 is 5.97 Å². The predicted molar refractivity (Wildman–Crippen MR) is 131 cm³/mol. The average molecular weight is 464 g/mol. The molecule has 4 rings (SSSR count). The molecule has 0 spiro atoms. The maximum atomic E-state index is 14.3. The first-order valence-corrected chi connectivity index (χ1v) is 11.5. The minimum absolute atomic E-state index is 0.0230. The molecule has 3 aromatic carbocycles. The van der Waals surface area contributed by atoms with Gasteiger partial charge in [-0.3, -0.25) is 4.79 Å². The summed E-state index contributed by atoms with van der Waals surface area (Å²) in [4.78, 5) is 13.4. The van der Waals surface area contributed by atoms with E-state index in [1.807, 2.05) is 49.4 Å². The normalized spacial score (nSPS) is 17.6. The summed E-state index contributed by atoms with van der Waals surface area (Å²) >= 11 is 0. The molecule has 1 aliphatic heterocycles. The molecule has 6 heteroatoms. The Hall–Kier alpha value is -3.54. The highest BCUT2D eigenvalue weighted by atomic mass is 19.1. The molecular weight excluding hydrogens is 433 g/mol. The zero-order chi connectivity index (χ0) is 24.2. The monoisotopic (exact) mass is 463 g/mol. The van der Waals surface area contributed by atoms with Gasteiger partial charge in [0.2, 0.25) is 0 Å². The van der Waals surface area contributed by atoms with Gasteiger partial charge in [0.1, 0.15) is 23.9 Å². The molecule has 1 aliphatic rings. The van der Waals surface area contributed by atoms with Crippen molar-refractivity contribution in [1.82, 2.24) is 0 Å². The van der Waals surface area contributed by atoms with Crippen molar-refractivity contribution in [2.45, 2.75) is 39.3 Å². The molecule has 0 amide bonds. The van der Waals surface area contributed by atoms with Crippen molar-refractivity contribution in [2.75, 3.05) is 18.6 Å². The quantitative estimate of drug-likeness (QED) is 0.439. The third-order valence-corrected chi connectivity index (χ3v) is 6.42. The van der Waals surface area contributed by atoms with Gasteiger partial charge in [-0.25, -0.2) is 4.39 Å². The van der Waals surface area contributed by atoms with Crippen LogP contribution in [0, 0.1) is 18.7 Å². The zero-order valence-corrected chi connectivity index (χ0v) is 19.8. The van der Waals surface area contributed by atoms with E-state index in [0.717, 1.165) is 41.1 Å². The van der Waals surface area contributed by atoms with Gasteiger partial charge in [0.25, 0.3) is 0 Å². The van der Waals surface area contributed by atoms with E-state index in [-0.39, 0.29) is 18.3 Å². The summed E-state index contributed by atoms with van der Waals surface area (Å²) in [6.45, 7) is 5.40. The van der Waals surface area contributed by atoms with E-state index >= 15 is 0 Å². The highest BCUT2D eigenvalue weighted by molar-refractivity contribution is 5.69. The number of ether oxygens (including phenoxy) is 2. The Labute approximate surface area is 199 Å². The van der Waals surface area contributed by atoms with Gasteiger partial charge in [-0.15, -0.1) is 0 Å². The molecule has 2 atom stereocenters. The fourth-order valence-corrected chi connectivity index (χ4v) is 4.64. The summed E-state index contributed by atoms with van der Waals surface area (Å²) in [5, 5.41) is 9.22. The Morgan fingerprint density at radius 3 is 2.50 bits per heavy atom. The SMILES string of the molecule is COc1ccc(F)c(-c2ccc(COc3ccc(N4CC(C)CC4CC(=O)O)cc3)c(C)c2)c1. The van der Waals surface area contributed by atoms with E-state index < -0.39 is 5.97 Å². The molecule has 0 bridgehead atoms. The molecule has 178 valence electrons. The molecule has 3 aromatic rings. The van der Waals surface area contributed by atoms with Gasteiger partial charge in [-0.2, -0.15) is 0 Å². The Bertz CT molecular complexity index is 1160. The number of aliphatic carboxylic acids is 1. The average Bonchev–Trinajstić information content (AvgIpc) is 3.18. The van der Waals surface area contributed by atoms with Crippen LogP contribution in [0.15, 0.2) is 60.7 Å². The smallest absolute Gasteiger partial charge is 0.305 e. The summed E-state index contributed by atoms with van der Waals surface area (Å²) in [7, 11) is 1.56. The van der Waals surface area contributed by atoms with Gasteiger partial charge in [0.05, 0.1) is 13.5 Å². The minimum atomic E-state index is -0.764. The molecule has 0 radical (unpaired) electrons. The van der Waals surface area contributed by atoms with Crippen LogP contribution >= 0.6 is 0 Å². The van der Waals surface area contributed by atoms with Crippen LogP contribution in [-0.2, 0) is 11.4 Å². The van der Waals surface area contributed by atoms with Crippen molar-refractivity contribution >= 4 is 11.7 Å². The summed E-state index contributed by atoms with van der Waals surface area (Å²) in [5.41, 5.74) is 4.34. The molecule has 34 heavy (non-hydrogen) atoms. The van der Waals surface area contributed by atoms with Gasteiger partial charge in [-0.05, 0) is 78.4 Å². The third kappa shape index (κ3) is 5.33. The topological polar surface area (TPSA) is 59.0 Å². The second-order valence-electron chi connectivity index (χ2n) is 9.01. The van der Waals surface area contributed by atoms with E-state index in [2.05, 4.69) is 11.8 Å². The number of anilines is 1. The fraction of sp³-hybridized carbons (Fsp3) is 0.321. The zero-order valence-electron chi connectivity index (χ0n) is 19.8. The van der Waals surface area contributed by atoms with E-state index in [1.165, 1.54) is 6.07 Å². The second kappa shape index (κ2) is 10.2. The first kappa shape index (κ1) is 23.6. The molecule has 2 unspecified atom stereocenters. The third-order valence-electron chi connectivity index (χ3n) is 6.42. The number of carbonyl (C=O) groups is 1. The highest BCUT2D eigenvalue weighted by Crippen LogP contribution is 2.32. The maximum absolute atomic E-state index is 14.3. The molecule has 1 fully saturated rings. The number of nitrogens with zero attached hydrogens (tertiary/aromatic N) is 1. The number of halogens is 1. The van der Waals surface area contributed by atoms with Crippen molar-refractivity contribution in [3.8, 4) is 22.6 Å². The molecule has 1 heterocycles. The van der Waals surface area contributed by atoms with Crippen LogP contribution in [0.1, 0.15) is 30.9 Å². The molecular formula is C28H30FNO4. The van der Waals surface area contributed by atoms with Crippen LogP contribution < -0.4 is 14.4 Å². The van der Waals surface area contributed by atoms with E-state index in [0.29, 0.717) is 23.8 Å². The Balaban J connectivity index is 1.42. The number of benzene rings is 3. The largest absolute Gasteiger partial charge is 0.497 e. The highest BCUT2D eigenvalue weighted by Gasteiger charge is 2.31. The van der Waals surface area contributed by atoms with E-state index in [9.17, 15) is 14.3 Å². The molecule has 0 aliphatic carbocycles. The fourth-order valence-electron chi connectivity index (χ4n) is 4.64. The Kier molecular flexibility index (Phi) is 7.06. The van der Waals surface area contributed by atoms with Crippen LogP contribution in [0.4, 0.5) is 10.1 Å². The molecule has 0 aromatic heterocycles. The van der Waals surface area contributed by atoms with Crippen molar-refractivity contribution in [3.05, 3.63) is 77.6 Å². The number of aryl methyl sites for hydroxylation is 1. The number of methoxy groups -OCH3 is 1. The van der Waals surface area contributed by atoms with E-state index in [4.69, 9.17) is 9.47 Å². The lowest BCUT2D eigenvalue weighted by Gasteiger charge is -2.26. The van der Waals surface area contributed by atoms with Crippen molar-refractivity contribution in [2.24, 2.45) is 5.92 Å². The summed E-state index contributed by atoms with van der Waals surface area (Å²) in [6.07, 6.45) is 1.04. The van der Waals surface area contributed by atoms with Crippen LogP contribution in [-0.4, -0.2) is 30.8 Å². The van der Waals surface area contributed by atoms with E-state index in [1.54, 1.807) is 19.2 Å². The van der Waals surface area contributed by atoms with Gasteiger partial charge in [0.15, 0.2) is 0 Å². The second-order valence-corrected chi connectivity index (χ2v) is 9.01. The van der Waals surface area contributed by atoms with Gasteiger partial charge in [-0.1, -0.05) is 25.1 Å². The lowest BCUT2D eigenvalue weighted by Crippen LogP contribution is -2.31.